The summed E-state index contributed by atoms with van der Waals surface area (Å²) >= 11 is 0. The maximum Gasteiger partial charge on any atom is 0.416 e. The minimum Gasteiger partial charge on any atom is -0.478 e. The van der Waals surface area contributed by atoms with Crippen molar-refractivity contribution < 1.29 is 120 Å². The lowest BCUT2D eigenvalue weighted by Crippen LogP contribution is -2.75. The number of aromatic nitrogens is 2. The highest BCUT2D eigenvalue weighted by molar-refractivity contribution is 7.20. The first kappa shape index (κ1) is 60.5. The second-order valence-electron chi connectivity index (χ2n) is 17.2. The van der Waals surface area contributed by atoms with E-state index < -0.39 is 201 Å². The number of nitrogens with zero attached hydrogens (tertiary/aromatic N) is 2. The summed E-state index contributed by atoms with van der Waals surface area (Å²) in [5.41, 5.74) is -27.2. The number of halogens is 24. The van der Waals surface area contributed by atoms with Gasteiger partial charge in [0, 0.05) is 11.1 Å². The van der Waals surface area contributed by atoms with Crippen LogP contribution in [-0.2, 0) is 56.0 Å². The molecule has 7 aromatic rings. The second-order valence-corrected chi connectivity index (χ2v) is 17.2. The lowest BCUT2D eigenvalue weighted by atomic mass is 9.12. The largest absolute Gasteiger partial charge is 0.478 e. The first-order valence-corrected chi connectivity index (χ1v) is 21.6. The van der Waals surface area contributed by atoms with Crippen LogP contribution in [-0.4, -0.2) is 22.2 Å². The van der Waals surface area contributed by atoms with Gasteiger partial charge in [-0.15, -0.1) is 0 Å². The van der Waals surface area contributed by atoms with Crippen molar-refractivity contribution in [1.82, 2.24) is 4.98 Å². The summed E-state index contributed by atoms with van der Waals surface area (Å²) in [4.78, 5) is 15.4. The van der Waals surface area contributed by atoms with Gasteiger partial charge in [-0.3, -0.25) is 0 Å². The number of rotatable bonds is 8. The molecule has 4 nitrogen and oxygen atoms in total. The third-order valence-electron chi connectivity index (χ3n) is 11.8. The molecule has 0 bridgehead atoms. The summed E-state index contributed by atoms with van der Waals surface area (Å²) in [7, 11) is 0. The number of benzene rings is 6. The first-order valence-electron chi connectivity index (χ1n) is 21.6. The molecule has 1 heterocycles. The molecule has 1 N–H and O–H groups in total. The van der Waals surface area contributed by atoms with E-state index >= 15 is 0 Å². The van der Waals surface area contributed by atoms with E-state index in [0.717, 1.165) is 17.8 Å². The summed E-state index contributed by atoms with van der Waals surface area (Å²) in [5, 5.41) is 9.08. The fourth-order valence-electron chi connectivity index (χ4n) is 8.36. The van der Waals surface area contributed by atoms with E-state index in [0.29, 0.717) is 0 Å². The predicted octanol–water partition coefficient (Wildman–Crippen LogP) is 14.0. The molecule has 0 amide bonds. The number of carboxylic acids is 1. The van der Waals surface area contributed by atoms with Gasteiger partial charge in [0.25, 0.3) is 0 Å². The predicted molar refractivity (Wildman–Crippen MR) is 232 cm³/mol. The van der Waals surface area contributed by atoms with Crippen LogP contribution in [0.15, 0.2) is 146 Å². The Kier molecular flexibility index (Phi) is 16.2. The summed E-state index contributed by atoms with van der Waals surface area (Å²) in [6, 6.07) is 8.14. The van der Waals surface area contributed by atoms with E-state index in [1.807, 2.05) is 41.2 Å². The average Bonchev–Trinajstić information content (AvgIpc) is 3.32. The molecule has 7 rings (SSSR count). The molecule has 1 aromatic heterocycles. The van der Waals surface area contributed by atoms with E-state index in [4.69, 9.17) is 5.11 Å². The van der Waals surface area contributed by atoms with Crippen LogP contribution >= 0.6 is 0 Å². The molecule has 0 radical (unpaired) electrons. The zero-order valence-corrected chi connectivity index (χ0v) is 38.5. The topological polar surface area (TPSA) is 54.1 Å². The van der Waals surface area contributed by atoms with Crippen LogP contribution in [0.3, 0.4) is 0 Å². The van der Waals surface area contributed by atoms with E-state index in [1.54, 1.807) is 24.4 Å². The van der Waals surface area contributed by atoms with Gasteiger partial charge in [-0.2, -0.15) is 132 Å². The van der Waals surface area contributed by atoms with Crippen LogP contribution in [0.4, 0.5) is 105 Å². The van der Waals surface area contributed by atoms with Crippen LogP contribution < -0.4 is 26.4 Å². The highest BCUT2D eigenvalue weighted by Gasteiger charge is 2.47. The van der Waals surface area contributed by atoms with Crippen LogP contribution in [0, 0.1) is 0 Å². The van der Waals surface area contributed by atoms with Gasteiger partial charge in [-0.05, 0) is 36.4 Å². The van der Waals surface area contributed by atoms with E-state index in [1.165, 1.54) is 5.56 Å². The molecule has 0 saturated heterocycles. The van der Waals surface area contributed by atoms with Crippen molar-refractivity contribution in [3.8, 4) is 11.3 Å². The second kappa shape index (κ2) is 21.1. The van der Waals surface area contributed by atoms with Gasteiger partial charge in [0.2, 0.25) is 0 Å². The Bertz CT molecular complexity index is 2920. The molecule has 29 heteroatoms. The molecule has 0 unspecified atom stereocenters. The summed E-state index contributed by atoms with van der Waals surface area (Å²) in [6.45, 7) is 0.745. The molecule has 79 heavy (non-hydrogen) atoms. The fourth-order valence-corrected chi connectivity index (χ4v) is 8.36. The van der Waals surface area contributed by atoms with Crippen LogP contribution in [0.1, 0.15) is 60.4 Å². The fraction of sp³-hybridized carbons (Fsp3) is 0.180. The van der Waals surface area contributed by atoms with Crippen molar-refractivity contribution in [3.05, 3.63) is 202 Å². The maximum atomic E-state index is 14.2. The highest BCUT2D eigenvalue weighted by Crippen LogP contribution is 2.41. The zero-order valence-electron chi connectivity index (χ0n) is 38.5. The van der Waals surface area contributed by atoms with Crippen LogP contribution in [0.5, 0.6) is 0 Å². The third kappa shape index (κ3) is 14.1. The molecule has 0 aliphatic rings. The van der Waals surface area contributed by atoms with E-state index in [-0.39, 0.29) is 5.56 Å². The van der Waals surface area contributed by atoms with E-state index in [9.17, 15) is 110 Å². The van der Waals surface area contributed by atoms with Gasteiger partial charge >= 0.3 is 55.4 Å². The molecule has 0 fully saturated rings. The molecule has 420 valence electrons. The highest BCUT2D eigenvalue weighted by atomic mass is 19.4. The lowest BCUT2D eigenvalue weighted by Gasteiger charge is -2.46. The van der Waals surface area contributed by atoms with Crippen molar-refractivity contribution in [1.29, 1.82) is 0 Å². The molecule has 0 atom stereocenters. The number of hydrogen-bond acceptors (Lipinski definition) is 2. The van der Waals surface area contributed by atoms with Gasteiger partial charge in [0.15, 0.2) is 18.9 Å². The molecule has 0 aliphatic carbocycles. The summed E-state index contributed by atoms with van der Waals surface area (Å²) in [6.07, 6.45) is -49.3. The van der Waals surface area contributed by atoms with Gasteiger partial charge in [0.05, 0.1) is 56.3 Å². The van der Waals surface area contributed by atoms with Crippen LogP contribution in [0.2, 0.25) is 0 Å². The zero-order chi connectivity index (χ0) is 59.3. The van der Waals surface area contributed by atoms with Crippen molar-refractivity contribution in [2.24, 2.45) is 0 Å². The average molecular weight is 1150 g/mol. The van der Waals surface area contributed by atoms with Gasteiger partial charge < -0.3 is 5.11 Å². The molecule has 0 saturated carbocycles. The Balaban J connectivity index is 0.000000378. The van der Waals surface area contributed by atoms with E-state index in [2.05, 4.69) is 17.1 Å². The van der Waals surface area contributed by atoms with Gasteiger partial charge in [-0.1, -0.05) is 91.0 Å². The quantitative estimate of drug-likeness (QED) is 0.0937. The standard InChI is InChI=1S/C32H12BF24.C18H14N2O2/c34-25(35,36)13-1-14(26(37,38)39)6-21(5-13)33(22-7-15(27(40,41)42)2-16(8-22)28(43,44)45,23-9-17(29(46,47)48)3-18(10-23)30(49,50)51)24-11-19(31(52,53)54)4-20(12-24)32(55,56)57;21-18(22)16-8-4-7-15(11-16)17-13-20(10-9-19-17)12-14-5-2-1-3-6-14/h1-12H;1-11,13H,12H2/q-1;/p+1. The SMILES string of the molecule is FC(F)(F)c1cc([B-](c2cc(C(F)(F)F)cc(C(F)(F)F)c2)(c2cc(C(F)(F)F)cc(C(F)(F)F)c2)c2cc(C(F)(F)F)cc(C(F)(F)F)c2)cc(C(F)(F)F)c1.O=C(O)c1cccc(-c2c[n+](Cc3ccccc3)ccn2)c1. The third-order valence-corrected chi connectivity index (χ3v) is 11.8. The first-order chi connectivity index (χ1) is 36.0. The molecular weight excluding hydrogens is 1130 g/mol. The number of carbonyl (C=O) groups is 1. The number of alkyl halides is 24. The van der Waals surface area contributed by atoms with Crippen LogP contribution in [0.25, 0.3) is 11.3 Å². The lowest BCUT2D eigenvalue weighted by molar-refractivity contribution is -0.688. The minimum atomic E-state index is -6.13. The summed E-state index contributed by atoms with van der Waals surface area (Å²) in [5.74, 6) is -0.935. The number of carboxylic acid groups (broad SMARTS) is 1. The maximum absolute atomic E-state index is 14.2. The molecule has 0 spiro atoms. The van der Waals surface area contributed by atoms with Gasteiger partial charge in [-0.25, -0.2) is 9.78 Å². The molecule has 6 aromatic carbocycles. The normalized spacial score (nSPS) is 13.2. The van der Waals surface area contributed by atoms with Crippen molar-refractivity contribution in [2.75, 3.05) is 0 Å². The Morgan fingerprint density at radius 1 is 0.405 bits per heavy atom. The Labute approximate surface area is 427 Å². The minimum absolute atomic E-state index is 0.262. The number of aromatic carboxylic acids is 1. The van der Waals surface area contributed by atoms with Gasteiger partial charge in [0.1, 0.15) is 11.8 Å². The Morgan fingerprint density at radius 3 is 0.987 bits per heavy atom. The van der Waals surface area contributed by atoms with Crippen molar-refractivity contribution >= 4 is 34.0 Å². The number of hydrogen-bond donors (Lipinski definition) is 1. The smallest absolute Gasteiger partial charge is 0.416 e. The van der Waals surface area contributed by atoms with Crippen molar-refractivity contribution in [3.63, 3.8) is 0 Å². The monoisotopic (exact) mass is 1150 g/mol. The molecular formula is C50H27BF24N2O2. The Morgan fingerprint density at radius 2 is 0.709 bits per heavy atom. The Hall–Kier alpha value is -7.75. The summed E-state index contributed by atoms with van der Waals surface area (Å²) < 4.78 is 343. The van der Waals surface area contributed by atoms with Crippen molar-refractivity contribution in [2.45, 2.75) is 56.0 Å². The molecule has 0 aliphatic heterocycles.